The molecule has 1 atom stereocenters. The van der Waals surface area contributed by atoms with Crippen LogP contribution in [0.3, 0.4) is 0 Å². The van der Waals surface area contributed by atoms with Gasteiger partial charge in [-0.3, -0.25) is 14.5 Å². The summed E-state index contributed by atoms with van der Waals surface area (Å²) in [6.07, 6.45) is 5.82. The third-order valence-corrected chi connectivity index (χ3v) is 4.87. The van der Waals surface area contributed by atoms with Gasteiger partial charge in [0.1, 0.15) is 0 Å². The van der Waals surface area contributed by atoms with Crippen molar-refractivity contribution in [3.63, 3.8) is 0 Å². The average Bonchev–Trinajstić information content (AvgIpc) is 2.49. The van der Waals surface area contributed by atoms with Gasteiger partial charge < -0.3 is 0 Å². The van der Waals surface area contributed by atoms with Crippen LogP contribution in [0.25, 0.3) is 6.08 Å². The minimum atomic E-state index is -1.09. The molecule has 1 aliphatic carbocycles. The number of likely N-dealkylation sites (tertiary alicyclic amines) is 1. The maximum absolute atomic E-state index is 13.0. The highest BCUT2D eigenvalue weighted by molar-refractivity contribution is 6.22. The van der Waals surface area contributed by atoms with Crippen molar-refractivity contribution >= 4 is 17.6 Å². The Labute approximate surface area is 125 Å². The highest BCUT2D eigenvalue weighted by Gasteiger charge is 2.49. The van der Waals surface area contributed by atoms with Crippen LogP contribution in [0.2, 0.25) is 0 Å². The molecule has 1 aliphatic heterocycles. The molecule has 3 nitrogen and oxygen atoms in total. The SMILES string of the molecule is CC(=O)C1(N2CCC(C)CC2)C=Cc2ccccc2C1=O. The molecule has 0 aromatic heterocycles. The molecule has 0 radical (unpaired) electrons. The number of Topliss-reactive ketones (excluding diaryl/α,β-unsaturated/α-hetero) is 2. The van der Waals surface area contributed by atoms with Gasteiger partial charge in [0.15, 0.2) is 17.1 Å². The summed E-state index contributed by atoms with van der Waals surface area (Å²) in [4.78, 5) is 27.5. The van der Waals surface area contributed by atoms with Crippen LogP contribution in [0.4, 0.5) is 0 Å². The quantitative estimate of drug-likeness (QED) is 0.783. The first-order chi connectivity index (χ1) is 10.1. The van der Waals surface area contributed by atoms with Gasteiger partial charge in [-0.2, -0.15) is 0 Å². The van der Waals surface area contributed by atoms with Crippen LogP contribution in [0.15, 0.2) is 30.3 Å². The minimum Gasteiger partial charge on any atom is -0.297 e. The van der Waals surface area contributed by atoms with Crippen molar-refractivity contribution in [2.24, 2.45) is 5.92 Å². The highest BCUT2D eigenvalue weighted by Crippen LogP contribution is 2.34. The molecule has 3 heteroatoms. The Morgan fingerprint density at radius 3 is 2.57 bits per heavy atom. The normalized spacial score (nSPS) is 26.7. The second-order valence-corrected chi connectivity index (χ2v) is 6.24. The van der Waals surface area contributed by atoms with Crippen molar-refractivity contribution in [2.75, 3.05) is 13.1 Å². The lowest BCUT2D eigenvalue weighted by Gasteiger charge is -2.43. The Hall–Kier alpha value is -1.74. The van der Waals surface area contributed by atoms with Crippen molar-refractivity contribution in [1.29, 1.82) is 0 Å². The molecule has 0 N–H and O–H groups in total. The van der Waals surface area contributed by atoms with Gasteiger partial charge in [-0.1, -0.05) is 37.3 Å². The van der Waals surface area contributed by atoms with Gasteiger partial charge in [0.05, 0.1) is 0 Å². The Kier molecular flexibility index (Phi) is 3.54. The van der Waals surface area contributed by atoms with Crippen LogP contribution in [0.1, 0.15) is 42.6 Å². The van der Waals surface area contributed by atoms with Gasteiger partial charge in [0, 0.05) is 18.7 Å². The van der Waals surface area contributed by atoms with E-state index in [1.807, 2.05) is 36.4 Å². The zero-order valence-electron chi connectivity index (χ0n) is 12.6. The van der Waals surface area contributed by atoms with Crippen LogP contribution in [0, 0.1) is 5.92 Å². The summed E-state index contributed by atoms with van der Waals surface area (Å²) in [7, 11) is 0. The van der Waals surface area contributed by atoms with E-state index in [2.05, 4.69) is 11.8 Å². The standard InChI is InChI=1S/C18H21NO2/c1-13-8-11-19(12-9-13)18(14(2)20)10-7-15-5-3-4-6-16(15)17(18)21/h3-7,10,13H,8-9,11-12H2,1-2H3. The summed E-state index contributed by atoms with van der Waals surface area (Å²) in [6, 6.07) is 7.52. The maximum Gasteiger partial charge on any atom is 0.195 e. The fourth-order valence-corrected chi connectivity index (χ4v) is 3.45. The van der Waals surface area contributed by atoms with E-state index in [9.17, 15) is 9.59 Å². The molecule has 0 amide bonds. The maximum atomic E-state index is 13.0. The Morgan fingerprint density at radius 1 is 1.24 bits per heavy atom. The van der Waals surface area contributed by atoms with Crippen LogP contribution in [-0.2, 0) is 4.79 Å². The fourth-order valence-electron chi connectivity index (χ4n) is 3.45. The van der Waals surface area contributed by atoms with E-state index in [1.165, 1.54) is 6.92 Å². The highest BCUT2D eigenvalue weighted by atomic mass is 16.2. The molecule has 3 rings (SSSR count). The number of nitrogens with zero attached hydrogens (tertiary/aromatic N) is 1. The van der Waals surface area contributed by atoms with Gasteiger partial charge in [-0.05, 0) is 37.3 Å². The summed E-state index contributed by atoms with van der Waals surface area (Å²) >= 11 is 0. The lowest BCUT2D eigenvalue weighted by Crippen LogP contribution is -2.60. The fraction of sp³-hybridized carbons (Fsp3) is 0.444. The number of benzene rings is 1. The van der Waals surface area contributed by atoms with E-state index < -0.39 is 5.54 Å². The predicted molar refractivity (Wildman–Crippen MR) is 83.2 cm³/mol. The van der Waals surface area contributed by atoms with Gasteiger partial charge in [-0.15, -0.1) is 0 Å². The van der Waals surface area contributed by atoms with E-state index in [4.69, 9.17) is 0 Å². The van der Waals surface area contributed by atoms with Gasteiger partial charge in [-0.25, -0.2) is 0 Å². The molecule has 0 saturated carbocycles. The van der Waals surface area contributed by atoms with E-state index in [-0.39, 0.29) is 11.6 Å². The number of hydrogen-bond acceptors (Lipinski definition) is 3. The Balaban J connectivity index is 2.04. The number of carbonyl (C=O) groups excluding carboxylic acids is 2. The monoisotopic (exact) mass is 283 g/mol. The second kappa shape index (κ2) is 5.23. The minimum absolute atomic E-state index is 0.0670. The van der Waals surface area contributed by atoms with Gasteiger partial charge in [0.25, 0.3) is 0 Å². The molecule has 1 aromatic rings. The van der Waals surface area contributed by atoms with Crippen LogP contribution >= 0.6 is 0 Å². The molecule has 2 aliphatic rings. The lowest BCUT2D eigenvalue weighted by molar-refractivity contribution is -0.124. The largest absolute Gasteiger partial charge is 0.297 e. The van der Waals surface area contributed by atoms with Crippen molar-refractivity contribution in [2.45, 2.75) is 32.2 Å². The zero-order chi connectivity index (χ0) is 15.0. The number of rotatable bonds is 2. The molecule has 1 aromatic carbocycles. The van der Waals surface area contributed by atoms with Crippen LogP contribution in [-0.4, -0.2) is 35.1 Å². The molecule has 1 saturated heterocycles. The number of hydrogen-bond donors (Lipinski definition) is 0. The van der Waals surface area contributed by atoms with Crippen molar-refractivity contribution in [3.8, 4) is 0 Å². The first-order valence-corrected chi connectivity index (χ1v) is 7.65. The summed E-state index contributed by atoms with van der Waals surface area (Å²) < 4.78 is 0. The molecule has 110 valence electrons. The molecule has 1 heterocycles. The summed E-state index contributed by atoms with van der Waals surface area (Å²) in [5.41, 5.74) is 0.479. The predicted octanol–water partition coefficient (Wildman–Crippen LogP) is 2.96. The topological polar surface area (TPSA) is 37.4 Å². The number of fused-ring (bicyclic) bond motifs is 1. The molecule has 1 fully saturated rings. The molecule has 1 unspecified atom stereocenters. The van der Waals surface area contributed by atoms with Gasteiger partial charge in [0.2, 0.25) is 0 Å². The second-order valence-electron chi connectivity index (χ2n) is 6.24. The Bertz CT molecular complexity index is 611. The number of ketones is 2. The van der Waals surface area contributed by atoms with Crippen molar-refractivity contribution in [3.05, 3.63) is 41.5 Å². The van der Waals surface area contributed by atoms with Crippen LogP contribution in [0.5, 0.6) is 0 Å². The number of piperidine rings is 1. The van der Waals surface area contributed by atoms with Gasteiger partial charge >= 0.3 is 0 Å². The first-order valence-electron chi connectivity index (χ1n) is 7.65. The average molecular weight is 283 g/mol. The molecule has 21 heavy (non-hydrogen) atoms. The third kappa shape index (κ3) is 2.16. The molecule has 0 bridgehead atoms. The third-order valence-electron chi connectivity index (χ3n) is 4.87. The van der Waals surface area contributed by atoms with Crippen molar-refractivity contribution in [1.82, 2.24) is 4.90 Å². The summed E-state index contributed by atoms with van der Waals surface area (Å²) in [6.45, 7) is 5.37. The molecule has 0 spiro atoms. The smallest absolute Gasteiger partial charge is 0.195 e. The van der Waals surface area contributed by atoms with E-state index in [1.54, 1.807) is 0 Å². The molecular weight excluding hydrogens is 262 g/mol. The van der Waals surface area contributed by atoms with Crippen LogP contribution < -0.4 is 0 Å². The first kappa shape index (κ1) is 14.2. The summed E-state index contributed by atoms with van der Waals surface area (Å²) in [5, 5.41) is 0. The van der Waals surface area contributed by atoms with E-state index in [0.717, 1.165) is 31.5 Å². The zero-order valence-corrected chi connectivity index (χ0v) is 12.6. The molecular formula is C18H21NO2. The Morgan fingerprint density at radius 2 is 1.90 bits per heavy atom. The van der Waals surface area contributed by atoms with E-state index in [0.29, 0.717) is 11.5 Å². The van der Waals surface area contributed by atoms with E-state index >= 15 is 0 Å². The summed E-state index contributed by atoms with van der Waals surface area (Å²) in [5.74, 6) is 0.524. The number of carbonyl (C=O) groups is 2. The van der Waals surface area contributed by atoms with Crippen molar-refractivity contribution < 1.29 is 9.59 Å². The lowest BCUT2D eigenvalue weighted by atomic mass is 9.77.